The van der Waals surface area contributed by atoms with Crippen LogP contribution < -0.4 is 0 Å². The first-order valence-electron chi connectivity index (χ1n) is 6.33. The second kappa shape index (κ2) is 5.65. The molecule has 0 aliphatic carbocycles. The fraction of sp³-hybridized carbons (Fsp3) is 0.500. The monoisotopic (exact) mass is 269 g/mol. The predicted octanol–water partition coefficient (Wildman–Crippen LogP) is 2.32. The van der Waals surface area contributed by atoms with Crippen LogP contribution >= 0.6 is 0 Å². The predicted molar refractivity (Wildman–Crippen MR) is 66.8 cm³/mol. The number of ether oxygens (including phenoxy) is 1. The zero-order valence-corrected chi connectivity index (χ0v) is 10.8. The number of benzene rings is 1. The first-order chi connectivity index (χ1) is 9.03. The standard InChI is InChI=1S/C14H17F2NO2/c1-2-19-13(18)12-9-17(10-14(12,15)16)8-11-6-4-3-5-7-11/h3-7,12H,2,8-10H2,1H3/t12-/m1/s1. The van der Waals surface area contributed by atoms with E-state index in [2.05, 4.69) is 0 Å². The highest BCUT2D eigenvalue weighted by molar-refractivity contribution is 5.74. The minimum absolute atomic E-state index is 0.0424. The van der Waals surface area contributed by atoms with E-state index in [1.165, 1.54) is 0 Å². The third-order valence-electron chi connectivity index (χ3n) is 3.21. The Morgan fingerprint density at radius 1 is 1.42 bits per heavy atom. The molecule has 3 nitrogen and oxygen atoms in total. The number of hydrogen-bond acceptors (Lipinski definition) is 3. The second-order valence-electron chi connectivity index (χ2n) is 4.72. The van der Waals surface area contributed by atoms with Gasteiger partial charge in [0.25, 0.3) is 5.92 Å². The smallest absolute Gasteiger partial charge is 0.316 e. The Hall–Kier alpha value is -1.49. The lowest BCUT2D eigenvalue weighted by Gasteiger charge is -2.15. The van der Waals surface area contributed by atoms with Gasteiger partial charge in [-0.1, -0.05) is 30.3 Å². The Morgan fingerprint density at radius 2 is 2.11 bits per heavy atom. The molecule has 0 bridgehead atoms. The van der Waals surface area contributed by atoms with Gasteiger partial charge in [-0.15, -0.1) is 0 Å². The number of carbonyl (C=O) groups excluding carboxylic acids is 1. The number of carbonyl (C=O) groups is 1. The van der Waals surface area contributed by atoms with Crippen LogP contribution in [0.3, 0.4) is 0 Å². The Morgan fingerprint density at radius 3 is 2.74 bits per heavy atom. The fourth-order valence-corrected chi connectivity index (χ4v) is 2.32. The van der Waals surface area contributed by atoms with Crippen LogP contribution in [0.15, 0.2) is 30.3 Å². The third kappa shape index (κ3) is 3.29. The van der Waals surface area contributed by atoms with Crippen molar-refractivity contribution in [1.82, 2.24) is 4.90 Å². The molecule has 0 spiro atoms. The fourth-order valence-electron chi connectivity index (χ4n) is 2.32. The van der Waals surface area contributed by atoms with E-state index in [4.69, 9.17) is 4.74 Å². The number of nitrogens with zero attached hydrogens (tertiary/aromatic N) is 1. The number of halogens is 2. The van der Waals surface area contributed by atoms with Crippen molar-refractivity contribution in [1.29, 1.82) is 0 Å². The van der Waals surface area contributed by atoms with Gasteiger partial charge in [0.2, 0.25) is 0 Å². The van der Waals surface area contributed by atoms with E-state index in [-0.39, 0.29) is 13.2 Å². The molecule has 1 aliphatic heterocycles. The highest BCUT2D eigenvalue weighted by Gasteiger charge is 2.52. The Labute approximate surface area is 111 Å². The second-order valence-corrected chi connectivity index (χ2v) is 4.72. The number of rotatable bonds is 4. The summed E-state index contributed by atoms with van der Waals surface area (Å²) in [5.41, 5.74) is 0.961. The van der Waals surface area contributed by atoms with E-state index in [0.717, 1.165) is 5.56 Å². The van der Waals surface area contributed by atoms with E-state index in [9.17, 15) is 13.6 Å². The maximum Gasteiger partial charge on any atom is 0.316 e. The van der Waals surface area contributed by atoms with Crippen molar-refractivity contribution in [3.05, 3.63) is 35.9 Å². The average molecular weight is 269 g/mol. The third-order valence-corrected chi connectivity index (χ3v) is 3.21. The quantitative estimate of drug-likeness (QED) is 0.786. The van der Waals surface area contributed by atoms with Crippen molar-refractivity contribution in [2.75, 3.05) is 19.7 Å². The largest absolute Gasteiger partial charge is 0.466 e. The summed E-state index contributed by atoms with van der Waals surface area (Å²) in [6.45, 7) is 1.81. The van der Waals surface area contributed by atoms with Gasteiger partial charge in [-0.2, -0.15) is 0 Å². The summed E-state index contributed by atoms with van der Waals surface area (Å²) in [6, 6.07) is 9.38. The molecule has 0 radical (unpaired) electrons. The molecule has 1 aromatic rings. The zero-order valence-electron chi connectivity index (χ0n) is 10.8. The van der Waals surface area contributed by atoms with Crippen LogP contribution in [-0.2, 0) is 16.1 Å². The van der Waals surface area contributed by atoms with Gasteiger partial charge < -0.3 is 4.74 Å². The summed E-state index contributed by atoms with van der Waals surface area (Å²) in [6.07, 6.45) is 0. The van der Waals surface area contributed by atoms with Crippen LogP contribution in [0.2, 0.25) is 0 Å². The van der Waals surface area contributed by atoms with Crippen LogP contribution in [0.1, 0.15) is 12.5 Å². The molecule has 0 N–H and O–H groups in total. The van der Waals surface area contributed by atoms with Gasteiger partial charge in [0, 0.05) is 13.1 Å². The van der Waals surface area contributed by atoms with Gasteiger partial charge in [0.05, 0.1) is 13.2 Å². The summed E-state index contributed by atoms with van der Waals surface area (Å²) >= 11 is 0. The molecule has 1 fully saturated rings. The molecule has 1 saturated heterocycles. The van der Waals surface area contributed by atoms with E-state index >= 15 is 0 Å². The number of esters is 1. The molecule has 1 heterocycles. The summed E-state index contributed by atoms with van der Waals surface area (Å²) in [4.78, 5) is 13.1. The lowest BCUT2D eigenvalue weighted by molar-refractivity contribution is -0.157. The molecule has 19 heavy (non-hydrogen) atoms. The SMILES string of the molecule is CCOC(=O)[C@H]1CN(Cc2ccccc2)CC1(F)F. The van der Waals surface area contributed by atoms with Gasteiger partial charge in [0.1, 0.15) is 5.92 Å². The Bertz CT molecular complexity index is 436. The first-order valence-corrected chi connectivity index (χ1v) is 6.33. The molecule has 0 saturated carbocycles. The molecule has 1 atom stereocenters. The van der Waals surface area contributed by atoms with Gasteiger partial charge >= 0.3 is 5.97 Å². The van der Waals surface area contributed by atoms with Gasteiger partial charge in [-0.25, -0.2) is 8.78 Å². The van der Waals surface area contributed by atoms with E-state index in [1.54, 1.807) is 11.8 Å². The van der Waals surface area contributed by atoms with Crippen LogP contribution in [0, 0.1) is 5.92 Å². The molecule has 1 aromatic carbocycles. The van der Waals surface area contributed by atoms with Gasteiger partial charge in [-0.05, 0) is 12.5 Å². The van der Waals surface area contributed by atoms with E-state index in [1.807, 2.05) is 30.3 Å². The summed E-state index contributed by atoms with van der Waals surface area (Å²) in [5.74, 6) is -5.17. The lowest BCUT2D eigenvalue weighted by atomic mass is 10.1. The van der Waals surface area contributed by atoms with Crippen molar-refractivity contribution in [3.63, 3.8) is 0 Å². The van der Waals surface area contributed by atoms with Crippen LogP contribution in [0.4, 0.5) is 8.78 Å². The molecule has 104 valence electrons. The summed E-state index contributed by atoms with van der Waals surface area (Å²) < 4.78 is 32.3. The molecule has 1 aliphatic rings. The van der Waals surface area contributed by atoms with Crippen molar-refractivity contribution >= 4 is 5.97 Å². The van der Waals surface area contributed by atoms with Crippen LogP contribution in [0.5, 0.6) is 0 Å². The van der Waals surface area contributed by atoms with E-state index in [0.29, 0.717) is 6.54 Å². The molecular weight excluding hydrogens is 252 g/mol. The molecule has 0 unspecified atom stereocenters. The minimum atomic E-state index is -3.01. The van der Waals surface area contributed by atoms with Crippen molar-refractivity contribution in [2.24, 2.45) is 5.92 Å². The van der Waals surface area contributed by atoms with Crippen molar-refractivity contribution in [3.8, 4) is 0 Å². The number of hydrogen-bond donors (Lipinski definition) is 0. The average Bonchev–Trinajstić information content (AvgIpc) is 2.66. The zero-order chi connectivity index (χ0) is 13.9. The van der Waals surface area contributed by atoms with Crippen LogP contribution in [-0.4, -0.2) is 36.5 Å². The first kappa shape index (κ1) is 13.9. The molecule has 0 aromatic heterocycles. The van der Waals surface area contributed by atoms with Gasteiger partial charge in [-0.3, -0.25) is 9.69 Å². The topological polar surface area (TPSA) is 29.5 Å². The normalized spacial score (nSPS) is 22.4. The molecule has 2 rings (SSSR count). The van der Waals surface area contributed by atoms with Crippen molar-refractivity contribution < 1.29 is 18.3 Å². The molecular formula is C14H17F2NO2. The maximum atomic E-state index is 13.8. The summed E-state index contributed by atoms with van der Waals surface area (Å²) in [7, 11) is 0. The number of alkyl halides is 2. The lowest BCUT2D eigenvalue weighted by Crippen LogP contribution is -2.34. The van der Waals surface area contributed by atoms with Gasteiger partial charge in [0.15, 0.2) is 0 Å². The summed E-state index contributed by atoms with van der Waals surface area (Å²) in [5, 5.41) is 0. The van der Waals surface area contributed by atoms with E-state index < -0.39 is 24.4 Å². The molecule has 0 amide bonds. The number of likely N-dealkylation sites (tertiary alicyclic amines) is 1. The Balaban J connectivity index is 2.01. The minimum Gasteiger partial charge on any atom is -0.466 e. The highest BCUT2D eigenvalue weighted by atomic mass is 19.3. The van der Waals surface area contributed by atoms with Crippen molar-refractivity contribution in [2.45, 2.75) is 19.4 Å². The van der Waals surface area contributed by atoms with Crippen LogP contribution in [0.25, 0.3) is 0 Å². The highest BCUT2D eigenvalue weighted by Crippen LogP contribution is 2.34. The Kier molecular flexibility index (Phi) is 4.14. The molecule has 5 heteroatoms. The maximum absolute atomic E-state index is 13.8.